The largest absolute Gasteiger partial charge is 0.363 e. The molecule has 2 saturated heterocycles. The van der Waals surface area contributed by atoms with Crippen LogP contribution in [0, 0.1) is 18.3 Å². The molecule has 3 aromatic heterocycles. The number of allylic oxidation sites excluding steroid dienone is 2. The Morgan fingerprint density at radius 3 is 2.56 bits per heavy atom. The van der Waals surface area contributed by atoms with Gasteiger partial charge in [-0.2, -0.15) is 5.10 Å². The summed E-state index contributed by atoms with van der Waals surface area (Å²) in [4.78, 5) is 15.1. The van der Waals surface area contributed by atoms with E-state index in [2.05, 4.69) is 150 Å². The number of piperidine rings is 2. The molecule has 1 saturated carbocycles. The number of likely N-dealkylation sites (tertiary alicyclic amines) is 1. The Morgan fingerprint density at radius 2 is 1.73 bits per heavy atom. The summed E-state index contributed by atoms with van der Waals surface area (Å²) in [5.41, 5.74) is 18.6. The number of benzene rings is 4. The van der Waals surface area contributed by atoms with Crippen LogP contribution in [-0.2, 0) is 26.4 Å². The van der Waals surface area contributed by atoms with E-state index in [1.54, 1.807) is 11.3 Å². The highest BCUT2D eigenvalue weighted by molar-refractivity contribution is 7.22. The first-order valence-corrected chi connectivity index (χ1v) is 26.5. The van der Waals surface area contributed by atoms with Gasteiger partial charge >= 0.3 is 0 Å². The van der Waals surface area contributed by atoms with E-state index in [9.17, 15) is 0 Å². The molecule has 1 spiro atoms. The maximum Gasteiger partial charge on any atom is 0.188 e. The second-order valence-corrected chi connectivity index (χ2v) is 21.9. The van der Waals surface area contributed by atoms with Gasteiger partial charge < -0.3 is 20.9 Å². The van der Waals surface area contributed by atoms with E-state index in [4.69, 9.17) is 15.1 Å². The zero-order valence-corrected chi connectivity index (χ0v) is 42.4. The van der Waals surface area contributed by atoms with Gasteiger partial charge in [-0.1, -0.05) is 92.8 Å². The Kier molecular flexibility index (Phi) is 12.8. The van der Waals surface area contributed by atoms with Crippen molar-refractivity contribution < 1.29 is 0 Å². The molecule has 7 aromatic rings. The summed E-state index contributed by atoms with van der Waals surface area (Å²) >= 11 is 1.65. The van der Waals surface area contributed by atoms with Gasteiger partial charge in [-0.3, -0.25) is 9.58 Å². The molecule has 3 aliphatic heterocycles. The van der Waals surface area contributed by atoms with Crippen LogP contribution in [0.15, 0.2) is 141 Å². The fraction of sp³-hybridized carbons (Fsp3) is 0.328. The number of para-hydroxylation sites is 1. The minimum Gasteiger partial charge on any atom is -0.363 e. The van der Waals surface area contributed by atoms with Gasteiger partial charge in [0.25, 0.3) is 0 Å². The first-order chi connectivity index (χ1) is 34.5. The summed E-state index contributed by atoms with van der Waals surface area (Å²) in [5.74, 6) is 1.94. The Balaban J connectivity index is 0.681. The molecule has 3 N–H and O–H groups in total. The van der Waals surface area contributed by atoms with Crippen LogP contribution in [-0.4, -0.2) is 50.8 Å². The number of hydrogen-bond acceptors (Lipinski definition) is 9. The average molecular weight is 958 g/mol. The molecule has 9 nitrogen and oxygen atoms in total. The summed E-state index contributed by atoms with van der Waals surface area (Å²) < 4.78 is 3.16. The number of anilines is 3. The summed E-state index contributed by atoms with van der Waals surface area (Å²) in [7, 11) is 2.03. The lowest BCUT2D eigenvalue weighted by atomic mass is 9.76. The molecule has 1 aliphatic carbocycles. The van der Waals surface area contributed by atoms with E-state index in [1.165, 1.54) is 71.7 Å². The van der Waals surface area contributed by atoms with Gasteiger partial charge in [0.2, 0.25) is 0 Å². The minimum absolute atomic E-state index is 0.186. The highest BCUT2D eigenvalue weighted by Gasteiger charge is 2.41. The van der Waals surface area contributed by atoms with Gasteiger partial charge in [0.05, 0.1) is 27.1 Å². The highest BCUT2D eigenvalue weighted by atomic mass is 32.1. The van der Waals surface area contributed by atoms with Crippen molar-refractivity contribution in [2.45, 2.75) is 83.6 Å². The second kappa shape index (κ2) is 19.5. The van der Waals surface area contributed by atoms with Crippen molar-refractivity contribution in [2.24, 2.45) is 18.4 Å². The molecule has 4 aliphatic rings. The van der Waals surface area contributed by atoms with Crippen LogP contribution in [0.25, 0.3) is 44.0 Å². The van der Waals surface area contributed by atoms with Crippen LogP contribution in [0.5, 0.6) is 0 Å². The van der Waals surface area contributed by atoms with E-state index in [0.717, 1.165) is 142 Å². The zero-order valence-electron chi connectivity index (χ0n) is 41.6. The number of fused-ring (bicyclic) bond motifs is 3. The lowest BCUT2D eigenvalue weighted by molar-refractivity contribution is 0.111. The van der Waals surface area contributed by atoms with E-state index in [1.807, 2.05) is 23.9 Å². The van der Waals surface area contributed by atoms with Crippen molar-refractivity contribution in [1.29, 1.82) is 0 Å². The Hall–Kier alpha value is -6.75. The number of nitrogens with one attached hydrogen (secondary N) is 3. The fourth-order valence-corrected chi connectivity index (χ4v) is 13.2. The van der Waals surface area contributed by atoms with E-state index < -0.39 is 0 Å². The van der Waals surface area contributed by atoms with Crippen molar-refractivity contribution in [3.63, 3.8) is 0 Å². The first-order valence-electron chi connectivity index (χ1n) is 25.7. The van der Waals surface area contributed by atoms with Crippen molar-refractivity contribution in [3.05, 3.63) is 180 Å². The maximum absolute atomic E-state index is 5.27. The third-order valence-electron chi connectivity index (χ3n) is 16.3. The maximum atomic E-state index is 5.27. The van der Waals surface area contributed by atoms with Gasteiger partial charge in [-0.15, -0.1) is 0 Å². The fourth-order valence-electron chi connectivity index (χ4n) is 12.3. The molecule has 362 valence electrons. The van der Waals surface area contributed by atoms with Crippen LogP contribution >= 0.6 is 11.3 Å². The molecule has 10 heteroatoms. The summed E-state index contributed by atoms with van der Waals surface area (Å²) in [6.45, 7) is 28.7. The Bertz CT molecular complexity index is 3200. The third-order valence-corrected chi connectivity index (χ3v) is 17.2. The van der Waals surface area contributed by atoms with Crippen LogP contribution in [0.3, 0.4) is 0 Å². The van der Waals surface area contributed by atoms with Gasteiger partial charge in [-0.05, 0) is 172 Å². The molecular formula is C61H67N9S. The molecule has 3 fully saturated rings. The molecule has 0 amide bonds. The number of aromatic nitrogens is 4. The van der Waals surface area contributed by atoms with Gasteiger partial charge in [0.1, 0.15) is 5.82 Å². The van der Waals surface area contributed by atoms with Crippen molar-refractivity contribution >= 4 is 60.9 Å². The molecule has 71 heavy (non-hydrogen) atoms. The molecule has 4 aromatic carbocycles. The second-order valence-electron chi connectivity index (χ2n) is 20.8. The number of rotatable bonds is 14. The lowest BCUT2D eigenvalue weighted by Gasteiger charge is -2.40. The lowest BCUT2D eigenvalue weighted by Crippen LogP contribution is -2.40. The topological polar surface area (TPSA) is 86.2 Å². The van der Waals surface area contributed by atoms with Crippen molar-refractivity contribution in [2.75, 3.05) is 41.7 Å². The monoisotopic (exact) mass is 958 g/mol. The van der Waals surface area contributed by atoms with Gasteiger partial charge in [0.15, 0.2) is 5.13 Å². The predicted molar refractivity (Wildman–Crippen MR) is 299 cm³/mol. The van der Waals surface area contributed by atoms with Crippen molar-refractivity contribution in [1.82, 2.24) is 30.0 Å². The van der Waals surface area contributed by atoms with Gasteiger partial charge in [0, 0.05) is 77.6 Å². The number of thiazole rings is 1. The zero-order chi connectivity index (χ0) is 48.8. The standard InChI is InChI=1S/C61H67N9S/c1-8-54-51(25-26-58(65-54)70-32-28-46-14-12-16-49(53(46)38-70)42(5)64-60-66-55-17-9-10-18-57(55)71-60)48-15-11-13-45(41(48)4)21-20-44-27-29-61(36-44)30-33-69(34-31-61)37-40(3)63-47-22-24-52-56(35-47)68(7)67-59(52)50-23-19-39(2)62-43(50)6/h8-18,22,24-26,35,44,50,62-63H,1-3,5-6,19-21,23,27-34,36-38H2,4,7H3,(H,64,66). The van der Waals surface area contributed by atoms with Gasteiger partial charge in [-0.25, -0.2) is 9.97 Å². The SMILES string of the molecule is C=Cc1nc(N2CCc3cccc(C(=C)Nc4nc5ccccc5s4)c3C2)ccc1-c1cccc(CCC2CCC3(CCN(CC(=C)Nc4ccc5c(C6CCC(=C)NC6=C)nn(C)c5c4)CC3)C2)c1C. The summed E-state index contributed by atoms with van der Waals surface area (Å²) in [6, 6.07) is 32.7. The summed E-state index contributed by atoms with van der Waals surface area (Å²) in [6.07, 6.45) is 13.7. The molecule has 2 atom stereocenters. The molecular weight excluding hydrogens is 891 g/mol. The average Bonchev–Trinajstić information content (AvgIpc) is 4.08. The Labute approximate surface area is 423 Å². The summed E-state index contributed by atoms with van der Waals surface area (Å²) in [5, 5.41) is 17.5. The normalized spacial score (nSPS) is 19.0. The quantitative estimate of drug-likeness (QED) is 0.0994. The van der Waals surface area contributed by atoms with E-state index >= 15 is 0 Å². The van der Waals surface area contributed by atoms with Crippen LogP contribution in [0.2, 0.25) is 0 Å². The molecule has 6 heterocycles. The predicted octanol–water partition coefficient (Wildman–Crippen LogP) is 13.8. The first kappa shape index (κ1) is 46.6. The molecule has 11 rings (SSSR count). The van der Waals surface area contributed by atoms with Crippen molar-refractivity contribution in [3.8, 4) is 11.1 Å². The Morgan fingerprint density at radius 1 is 0.887 bits per heavy atom. The molecule has 0 radical (unpaired) electrons. The number of aryl methyl sites for hydroxylation is 2. The molecule has 0 bridgehead atoms. The third kappa shape index (κ3) is 9.48. The minimum atomic E-state index is 0.186. The van der Waals surface area contributed by atoms with E-state index in [0.29, 0.717) is 5.41 Å². The van der Waals surface area contributed by atoms with Crippen LogP contribution < -0.4 is 20.9 Å². The number of nitrogens with zero attached hydrogens (tertiary/aromatic N) is 6. The van der Waals surface area contributed by atoms with E-state index in [-0.39, 0.29) is 5.92 Å². The number of hydrogen-bond donors (Lipinski definition) is 3. The number of pyridine rings is 1. The van der Waals surface area contributed by atoms with Crippen LogP contribution in [0.1, 0.15) is 96.5 Å². The molecule has 2 unspecified atom stereocenters. The van der Waals surface area contributed by atoms with Crippen LogP contribution in [0.4, 0.5) is 16.6 Å². The highest BCUT2D eigenvalue weighted by Crippen LogP contribution is 2.50. The smallest absolute Gasteiger partial charge is 0.188 e.